The summed E-state index contributed by atoms with van der Waals surface area (Å²) in [5.41, 5.74) is 10.7. The van der Waals surface area contributed by atoms with Crippen molar-refractivity contribution in [1.29, 1.82) is 0 Å². The molecule has 1 aliphatic heterocycles. The third kappa shape index (κ3) is 6.47. The van der Waals surface area contributed by atoms with Crippen molar-refractivity contribution in [3.63, 3.8) is 0 Å². The van der Waals surface area contributed by atoms with E-state index in [0.29, 0.717) is 37.9 Å². The lowest BCUT2D eigenvalue weighted by molar-refractivity contribution is -0.142. The van der Waals surface area contributed by atoms with Crippen LogP contribution in [0.4, 0.5) is 10.6 Å². The second kappa shape index (κ2) is 13.5. The number of hydrogen-bond donors (Lipinski definition) is 1. The number of pyridine rings is 1. The summed E-state index contributed by atoms with van der Waals surface area (Å²) in [6, 6.07) is 21.8. The van der Waals surface area contributed by atoms with Crippen molar-refractivity contribution in [3.05, 3.63) is 84.2 Å². The monoisotopic (exact) mass is 621 g/mol. The van der Waals surface area contributed by atoms with E-state index in [4.69, 9.17) is 25.0 Å². The summed E-state index contributed by atoms with van der Waals surface area (Å²) >= 11 is 0. The van der Waals surface area contributed by atoms with Crippen molar-refractivity contribution in [3.8, 4) is 16.9 Å². The van der Waals surface area contributed by atoms with Crippen LogP contribution in [0.15, 0.2) is 72.9 Å². The lowest BCUT2D eigenvalue weighted by Gasteiger charge is -2.18. The van der Waals surface area contributed by atoms with Gasteiger partial charge in [-0.1, -0.05) is 56.3 Å². The van der Waals surface area contributed by atoms with Gasteiger partial charge in [0.15, 0.2) is 0 Å². The number of nitrogens with zero attached hydrogens (tertiary/aromatic N) is 4. The largest absolute Gasteiger partial charge is 0.487 e. The highest BCUT2D eigenvalue weighted by atomic mass is 16.6. The van der Waals surface area contributed by atoms with Gasteiger partial charge >= 0.3 is 12.1 Å². The third-order valence-electron chi connectivity index (χ3n) is 8.22. The fraction of sp³-hybridized carbons (Fsp3) is 0.333. The Morgan fingerprint density at radius 3 is 2.67 bits per heavy atom. The van der Waals surface area contributed by atoms with E-state index in [1.54, 1.807) is 18.0 Å². The molecule has 1 atom stereocenters. The van der Waals surface area contributed by atoms with Gasteiger partial charge in [0.05, 0.1) is 31.2 Å². The molecule has 1 unspecified atom stereocenters. The summed E-state index contributed by atoms with van der Waals surface area (Å²) in [5, 5.41) is 7.93. The fourth-order valence-corrected chi connectivity index (χ4v) is 5.98. The Labute approximate surface area is 268 Å². The van der Waals surface area contributed by atoms with Crippen LogP contribution in [0.5, 0.6) is 5.75 Å². The van der Waals surface area contributed by atoms with Crippen LogP contribution in [-0.2, 0) is 27.3 Å². The maximum Gasteiger partial charge on any atom is 0.409 e. The van der Waals surface area contributed by atoms with E-state index in [1.165, 1.54) is 0 Å². The van der Waals surface area contributed by atoms with Gasteiger partial charge in [-0.05, 0) is 60.0 Å². The van der Waals surface area contributed by atoms with E-state index < -0.39 is 0 Å². The molecule has 0 saturated carbocycles. The number of amides is 1. The molecule has 2 N–H and O–H groups in total. The van der Waals surface area contributed by atoms with Crippen LogP contribution < -0.4 is 10.5 Å². The summed E-state index contributed by atoms with van der Waals surface area (Å²) in [6.07, 6.45) is 2.31. The molecule has 5 aromatic rings. The third-order valence-corrected chi connectivity index (χ3v) is 8.22. The Morgan fingerprint density at radius 1 is 1.00 bits per heavy atom. The topological polar surface area (TPSA) is 122 Å². The number of ether oxygens (including phenoxy) is 3. The van der Waals surface area contributed by atoms with E-state index in [0.717, 1.165) is 50.5 Å². The second-order valence-corrected chi connectivity index (χ2v) is 12.0. The number of fused-ring (bicyclic) bond motifs is 2. The minimum Gasteiger partial charge on any atom is -0.487 e. The van der Waals surface area contributed by atoms with Crippen LogP contribution in [0.25, 0.3) is 32.8 Å². The Hall–Kier alpha value is -5.12. The van der Waals surface area contributed by atoms with Gasteiger partial charge in [0.1, 0.15) is 23.9 Å². The Balaban J connectivity index is 1.35. The van der Waals surface area contributed by atoms with Gasteiger partial charge in [-0.25, -0.2) is 9.78 Å². The Kier molecular flexibility index (Phi) is 9.05. The molecule has 1 saturated heterocycles. The number of anilines is 1. The summed E-state index contributed by atoms with van der Waals surface area (Å²) in [6.45, 7) is 7.84. The van der Waals surface area contributed by atoms with Gasteiger partial charge in [-0.3, -0.25) is 9.48 Å². The number of carbonyl (C=O) groups is 2. The predicted molar refractivity (Wildman–Crippen MR) is 177 cm³/mol. The molecule has 0 aliphatic carbocycles. The van der Waals surface area contributed by atoms with Crippen molar-refractivity contribution >= 4 is 39.6 Å². The summed E-state index contributed by atoms with van der Waals surface area (Å²) in [7, 11) is 0. The van der Waals surface area contributed by atoms with Crippen LogP contribution in [0.2, 0.25) is 0 Å². The first-order chi connectivity index (χ1) is 22.3. The number of nitrogens with two attached hydrogens (primary N) is 1. The SMILES string of the molecule is CCOC(=O)Cc1ccccc1OCc1nn(C2CCN(C(=O)OCC(C)C)C2)c2ccc(-c3cccc4c(N)nccc34)cc12. The van der Waals surface area contributed by atoms with Gasteiger partial charge in [-0.15, -0.1) is 0 Å². The lowest BCUT2D eigenvalue weighted by Crippen LogP contribution is -2.30. The molecule has 3 aromatic carbocycles. The molecule has 0 bridgehead atoms. The normalized spacial score (nSPS) is 14.7. The number of rotatable bonds is 10. The zero-order valence-corrected chi connectivity index (χ0v) is 26.4. The number of benzene rings is 3. The minimum atomic E-state index is -0.304. The summed E-state index contributed by atoms with van der Waals surface area (Å²) in [5.74, 6) is 1.06. The highest BCUT2D eigenvalue weighted by molar-refractivity contribution is 6.02. The molecule has 10 heteroatoms. The van der Waals surface area contributed by atoms with E-state index in [9.17, 15) is 9.59 Å². The zero-order chi connectivity index (χ0) is 32.2. The average Bonchev–Trinajstić information content (AvgIpc) is 3.68. The van der Waals surface area contributed by atoms with Crippen LogP contribution in [0, 0.1) is 5.92 Å². The molecular formula is C36H39N5O5. The average molecular weight is 622 g/mol. The molecule has 10 nitrogen and oxygen atoms in total. The Morgan fingerprint density at radius 2 is 1.85 bits per heavy atom. The van der Waals surface area contributed by atoms with E-state index >= 15 is 0 Å². The smallest absolute Gasteiger partial charge is 0.409 e. The minimum absolute atomic E-state index is 0.0202. The molecule has 1 amide bonds. The van der Waals surface area contributed by atoms with Crippen molar-refractivity contribution in [2.45, 2.75) is 46.3 Å². The Bertz CT molecular complexity index is 1880. The molecule has 1 fully saturated rings. The molecule has 0 spiro atoms. The number of aromatic nitrogens is 3. The van der Waals surface area contributed by atoms with Gasteiger partial charge in [0.25, 0.3) is 0 Å². The number of likely N-dealkylation sites (tertiary alicyclic amines) is 1. The quantitative estimate of drug-likeness (QED) is 0.174. The number of para-hydroxylation sites is 1. The van der Waals surface area contributed by atoms with Crippen molar-refractivity contribution in [2.75, 3.05) is 32.0 Å². The van der Waals surface area contributed by atoms with Crippen LogP contribution in [0.3, 0.4) is 0 Å². The first kappa shape index (κ1) is 30.9. The lowest BCUT2D eigenvalue weighted by atomic mass is 9.97. The molecule has 238 valence electrons. The number of nitrogen functional groups attached to an aromatic ring is 1. The number of hydrogen-bond acceptors (Lipinski definition) is 8. The molecule has 2 aromatic heterocycles. The van der Waals surface area contributed by atoms with Gasteiger partial charge in [0.2, 0.25) is 0 Å². The molecule has 3 heterocycles. The zero-order valence-electron chi connectivity index (χ0n) is 26.4. The molecule has 0 radical (unpaired) electrons. The van der Waals surface area contributed by atoms with Crippen molar-refractivity contribution < 1.29 is 23.8 Å². The summed E-state index contributed by atoms with van der Waals surface area (Å²) in [4.78, 5) is 31.0. The number of esters is 1. The van der Waals surface area contributed by atoms with Crippen molar-refractivity contribution in [2.24, 2.45) is 5.92 Å². The first-order valence-electron chi connectivity index (χ1n) is 15.7. The first-order valence-corrected chi connectivity index (χ1v) is 15.7. The second-order valence-electron chi connectivity index (χ2n) is 12.0. The van der Waals surface area contributed by atoms with Crippen LogP contribution >= 0.6 is 0 Å². The van der Waals surface area contributed by atoms with E-state index in [-0.39, 0.29) is 37.0 Å². The standard InChI is InChI=1S/C36H39N5O5/c1-4-44-34(42)19-25-8-5-6-11-33(25)45-22-31-30-18-24(27-9-7-10-29-28(27)14-16-38-35(29)37)12-13-32(30)41(39-31)26-15-17-40(20-26)36(43)46-21-23(2)3/h5-14,16,18,23,26H,4,15,17,19-22H2,1-3H3,(H2,37,38). The maximum absolute atomic E-state index is 12.7. The molecule has 1 aliphatic rings. The van der Waals surface area contributed by atoms with Gasteiger partial charge < -0.3 is 24.8 Å². The predicted octanol–water partition coefficient (Wildman–Crippen LogP) is 6.56. The highest BCUT2D eigenvalue weighted by Gasteiger charge is 2.31. The fourth-order valence-electron chi connectivity index (χ4n) is 5.98. The van der Waals surface area contributed by atoms with Crippen LogP contribution in [-0.4, -0.2) is 58.0 Å². The molecule has 6 rings (SSSR count). The molecule has 46 heavy (non-hydrogen) atoms. The highest BCUT2D eigenvalue weighted by Crippen LogP contribution is 2.35. The van der Waals surface area contributed by atoms with Gasteiger partial charge in [-0.2, -0.15) is 5.10 Å². The van der Waals surface area contributed by atoms with Gasteiger partial charge in [0, 0.05) is 35.6 Å². The van der Waals surface area contributed by atoms with E-state index in [2.05, 4.69) is 29.2 Å². The van der Waals surface area contributed by atoms with Crippen LogP contribution in [0.1, 0.15) is 44.5 Å². The van der Waals surface area contributed by atoms with Crippen molar-refractivity contribution in [1.82, 2.24) is 19.7 Å². The number of carbonyl (C=O) groups excluding carboxylic acids is 2. The maximum atomic E-state index is 12.7. The summed E-state index contributed by atoms with van der Waals surface area (Å²) < 4.78 is 19.0. The van der Waals surface area contributed by atoms with E-state index in [1.807, 2.05) is 61.0 Å². The molecular weight excluding hydrogens is 582 g/mol.